The van der Waals surface area contributed by atoms with Crippen LogP contribution in [0.1, 0.15) is 38.8 Å². The van der Waals surface area contributed by atoms with Gasteiger partial charge in [0.1, 0.15) is 6.04 Å². The molecule has 5 nitrogen and oxygen atoms in total. The minimum atomic E-state index is -1.44. The summed E-state index contributed by atoms with van der Waals surface area (Å²) in [5, 5.41) is 8.88. The number of esters is 1. The number of hydrogen-bond acceptors (Lipinski definition) is 4. The summed E-state index contributed by atoms with van der Waals surface area (Å²) < 4.78 is 20.2. The Hall–Kier alpha value is -1.71. The van der Waals surface area contributed by atoms with Crippen molar-refractivity contribution >= 4 is 17.0 Å². The third kappa shape index (κ3) is 5.58. The lowest BCUT2D eigenvalue weighted by Gasteiger charge is -2.29. The van der Waals surface area contributed by atoms with Crippen LogP contribution >= 0.6 is 0 Å². The maximum Gasteiger partial charge on any atom is 0.324 e. The molecule has 0 amide bonds. The molecule has 22 heavy (non-hydrogen) atoms. The smallest absolute Gasteiger partial charge is 0.324 e. The summed E-state index contributed by atoms with van der Waals surface area (Å²) in [6.45, 7) is 7.67. The van der Waals surface area contributed by atoms with Crippen LogP contribution in [0.15, 0.2) is 24.3 Å². The number of benzene rings is 1. The molecule has 0 radical (unpaired) electrons. The van der Waals surface area contributed by atoms with Gasteiger partial charge in [0.05, 0.1) is 35.0 Å². The van der Waals surface area contributed by atoms with Crippen LogP contribution in [0.25, 0.3) is 0 Å². The molecule has 0 aliphatic heterocycles. The van der Waals surface area contributed by atoms with Gasteiger partial charge in [-0.1, -0.05) is 32.9 Å². The molecule has 0 aromatic heterocycles. The standard InChI is InChI=1S/C16H22N2O3S/c1-5-21-15(19)14(16(2,3)4)18-22(20)11-13-8-6-7-12(9-13)10-17/h6-9,14,18H,5,11H2,1-4H3/t14-,22+/m1/s1. The van der Waals surface area contributed by atoms with Gasteiger partial charge < -0.3 is 4.74 Å². The second kappa shape index (κ2) is 8.06. The van der Waals surface area contributed by atoms with Gasteiger partial charge in [-0.05, 0) is 30.0 Å². The van der Waals surface area contributed by atoms with Gasteiger partial charge in [0.2, 0.25) is 0 Å². The Morgan fingerprint density at radius 3 is 2.68 bits per heavy atom. The molecule has 0 aliphatic rings. The fourth-order valence-corrected chi connectivity index (χ4v) is 3.14. The van der Waals surface area contributed by atoms with Crippen LogP contribution < -0.4 is 4.72 Å². The van der Waals surface area contributed by atoms with Crippen molar-refractivity contribution in [3.05, 3.63) is 35.4 Å². The zero-order chi connectivity index (χ0) is 16.8. The highest BCUT2D eigenvalue weighted by Gasteiger charge is 2.33. The van der Waals surface area contributed by atoms with E-state index in [2.05, 4.69) is 4.72 Å². The van der Waals surface area contributed by atoms with E-state index >= 15 is 0 Å². The van der Waals surface area contributed by atoms with E-state index in [1.54, 1.807) is 31.2 Å². The van der Waals surface area contributed by atoms with Crippen molar-refractivity contribution in [3.63, 3.8) is 0 Å². The quantitative estimate of drug-likeness (QED) is 0.815. The van der Waals surface area contributed by atoms with Crippen LogP contribution in [0.5, 0.6) is 0 Å². The molecular formula is C16H22N2O3S. The van der Waals surface area contributed by atoms with E-state index in [0.29, 0.717) is 5.56 Å². The lowest BCUT2D eigenvalue weighted by molar-refractivity contribution is -0.147. The minimum absolute atomic E-state index is 0.224. The van der Waals surface area contributed by atoms with E-state index in [9.17, 15) is 9.00 Å². The predicted molar refractivity (Wildman–Crippen MR) is 86.0 cm³/mol. The molecule has 0 spiro atoms. The lowest BCUT2D eigenvalue weighted by atomic mass is 9.87. The van der Waals surface area contributed by atoms with Gasteiger partial charge in [0.25, 0.3) is 0 Å². The van der Waals surface area contributed by atoms with Gasteiger partial charge in [-0.15, -0.1) is 0 Å². The normalized spacial score (nSPS) is 14.0. The molecule has 1 N–H and O–H groups in total. The molecule has 1 rings (SSSR count). The number of nitrogens with one attached hydrogen (secondary N) is 1. The summed E-state index contributed by atoms with van der Waals surface area (Å²) >= 11 is 0. The second-order valence-electron chi connectivity index (χ2n) is 5.97. The van der Waals surface area contributed by atoms with Crippen molar-refractivity contribution < 1.29 is 13.7 Å². The zero-order valence-corrected chi connectivity index (χ0v) is 14.2. The van der Waals surface area contributed by atoms with Crippen LogP contribution in [0, 0.1) is 16.7 Å². The first-order valence-electron chi connectivity index (χ1n) is 7.08. The predicted octanol–water partition coefficient (Wildman–Crippen LogP) is 2.29. The number of nitrogens with zero attached hydrogens (tertiary/aromatic N) is 1. The van der Waals surface area contributed by atoms with E-state index in [0.717, 1.165) is 5.56 Å². The molecular weight excluding hydrogens is 300 g/mol. The van der Waals surface area contributed by atoms with E-state index in [1.165, 1.54) is 0 Å². The summed E-state index contributed by atoms with van der Waals surface area (Å²) in [5.41, 5.74) is 0.879. The molecule has 1 aromatic rings. The number of carbonyl (C=O) groups excluding carboxylic acids is 1. The van der Waals surface area contributed by atoms with Crippen molar-refractivity contribution in [1.82, 2.24) is 4.72 Å². The largest absolute Gasteiger partial charge is 0.465 e. The summed E-state index contributed by atoms with van der Waals surface area (Å²) in [6.07, 6.45) is 0. The topological polar surface area (TPSA) is 79.2 Å². The van der Waals surface area contributed by atoms with Crippen LogP contribution in [0.2, 0.25) is 0 Å². The van der Waals surface area contributed by atoms with Crippen molar-refractivity contribution in [2.24, 2.45) is 5.41 Å². The molecule has 0 fully saturated rings. The molecule has 0 heterocycles. The Labute approximate surface area is 134 Å². The van der Waals surface area contributed by atoms with Crippen LogP contribution in [-0.4, -0.2) is 22.8 Å². The molecule has 0 aliphatic carbocycles. The zero-order valence-electron chi connectivity index (χ0n) is 13.4. The molecule has 1 aromatic carbocycles. The molecule has 6 heteroatoms. The Morgan fingerprint density at radius 1 is 1.45 bits per heavy atom. The average Bonchev–Trinajstić information content (AvgIpc) is 2.44. The first-order chi connectivity index (χ1) is 10.3. The lowest BCUT2D eigenvalue weighted by Crippen LogP contribution is -2.48. The monoisotopic (exact) mass is 322 g/mol. The number of nitriles is 1. The highest BCUT2D eigenvalue weighted by molar-refractivity contribution is 7.82. The Balaban J connectivity index is 2.79. The van der Waals surface area contributed by atoms with Crippen molar-refractivity contribution in [1.29, 1.82) is 5.26 Å². The summed E-state index contributed by atoms with van der Waals surface area (Å²) in [4.78, 5) is 12.0. The summed E-state index contributed by atoms with van der Waals surface area (Å²) in [5.74, 6) is -0.185. The summed E-state index contributed by atoms with van der Waals surface area (Å²) in [7, 11) is -1.44. The Morgan fingerprint density at radius 2 is 2.14 bits per heavy atom. The van der Waals surface area contributed by atoms with E-state index < -0.39 is 28.4 Å². The maximum atomic E-state index is 12.3. The van der Waals surface area contributed by atoms with Crippen LogP contribution in [-0.2, 0) is 26.3 Å². The van der Waals surface area contributed by atoms with Crippen molar-refractivity contribution in [3.8, 4) is 6.07 Å². The Kier molecular flexibility index (Phi) is 6.72. The van der Waals surface area contributed by atoms with Gasteiger partial charge >= 0.3 is 5.97 Å². The van der Waals surface area contributed by atoms with Crippen LogP contribution in [0.3, 0.4) is 0 Å². The van der Waals surface area contributed by atoms with E-state index in [-0.39, 0.29) is 12.4 Å². The second-order valence-corrected chi connectivity index (χ2v) is 7.19. The highest BCUT2D eigenvalue weighted by Crippen LogP contribution is 2.21. The third-order valence-electron chi connectivity index (χ3n) is 2.99. The Bertz CT molecular complexity index is 588. The van der Waals surface area contributed by atoms with Gasteiger partial charge in [0.15, 0.2) is 0 Å². The maximum absolute atomic E-state index is 12.3. The first-order valence-corrected chi connectivity index (χ1v) is 8.40. The third-order valence-corrected chi connectivity index (χ3v) is 4.09. The molecule has 0 bridgehead atoms. The molecule has 0 saturated heterocycles. The molecule has 120 valence electrons. The average molecular weight is 322 g/mol. The van der Waals surface area contributed by atoms with Crippen LogP contribution in [0.4, 0.5) is 0 Å². The van der Waals surface area contributed by atoms with Crippen molar-refractivity contribution in [2.45, 2.75) is 39.5 Å². The fraction of sp³-hybridized carbons (Fsp3) is 0.500. The SMILES string of the molecule is CCOC(=O)[C@@H](N[S@@](=O)Cc1cccc(C#N)c1)C(C)(C)C. The van der Waals surface area contributed by atoms with Gasteiger partial charge in [-0.2, -0.15) is 5.26 Å². The number of rotatable bonds is 6. The van der Waals surface area contributed by atoms with E-state index in [4.69, 9.17) is 10.00 Å². The molecule has 0 saturated carbocycles. The van der Waals surface area contributed by atoms with Gasteiger partial charge in [-0.3, -0.25) is 4.79 Å². The highest BCUT2D eigenvalue weighted by atomic mass is 32.2. The van der Waals surface area contributed by atoms with Gasteiger partial charge in [0, 0.05) is 0 Å². The first kappa shape index (κ1) is 18.3. The van der Waals surface area contributed by atoms with Gasteiger partial charge in [-0.25, -0.2) is 8.93 Å². The van der Waals surface area contributed by atoms with Crippen molar-refractivity contribution in [2.75, 3.05) is 6.61 Å². The number of ether oxygens (including phenoxy) is 1. The number of carbonyl (C=O) groups is 1. The summed E-state index contributed by atoms with van der Waals surface area (Å²) in [6, 6.07) is 8.32. The molecule has 2 atom stereocenters. The minimum Gasteiger partial charge on any atom is -0.465 e. The fourth-order valence-electron chi connectivity index (χ4n) is 1.86. The number of hydrogen-bond donors (Lipinski definition) is 1. The van der Waals surface area contributed by atoms with E-state index in [1.807, 2.05) is 26.8 Å². The molecule has 0 unspecified atom stereocenters.